The van der Waals surface area contributed by atoms with E-state index in [4.69, 9.17) is 0 Å². The first-order chi connectivity index (χ1) is 11.1. The minimum absolute atomic E-state index is 0.0564. The molecule has 6 heteroatoms. The molecule has 0 unspecified atom stereocenters. The van der Waals surface area contributed by atoms with Gasteiger partial charge in [-0.05, 0) is 0 Å². The molecule has 3 rings (SSSR count). The fourth-order valence-electron chi connectivity index (χ4n) is 2.38. The zero-order valence-corrected chi connectivity index (χ0v) is 14.2. The Labute approximate surface area is 139 Å². The van der Waals surface area contributed by atoms with Gasteiger partial charge in [-0.25, -0.2) is 4.98 Å². The van der Waals surface area contributed by atoms with E-state index in [-0.39, 0.29) is 5.91 Å². The summed E-state index contributed by atoms with van der Waals surface area (Å²) in [5, 5.41) is 4.97. The molecule has 0 atom stereocenters. The Balaban J connectivity index is 1.72. The number of carbonyl (C=O) groups excluding carboxylic acids is 1. The summed E-state index contributed by atoms with van der Waals surface area (Å²) >= 11 is 1.57. The summed E-state index contributed by atoms with van der Waals surface area (Å²) in [6, 6.07) is 10.1. The molecule has 2 N–H and O–H groups in total. The maximum Gasteiger partial charge on any atom is 0.226 e. The van der Waals surface area contributed by atoms with Gasteiger partial charge in [0.15, 0.2) is 4.96 Å². The highest BCUT2D eigenvalue weighted by Gasteiger charge is 2.12. The molecule has 0 fully saturated rings. The monoisotopic (exact) mass is 329 g/mol. The standard InChI is InChI=1S/C17H20N4OS/c1-20(2)9-8-18-16(22)10-14-12-23-17-19-15(11-21(14)17)13-6-4-3-5-7-13/h3-7,11-12H,8-10H2,1-2H3,(H,18,22)/p+1. The van der Waals surface area contributed by atoms with Crippen molar-refractivity contribution in [3.05, 3.63) is 47.6 Å². The molecule has 0 aliphatic carbocycles. The van der Waals surface area contributed by atoms with E-state index >= 15 is 0 Å². The van der Waals surface area contributed by atoms with Crippen LogP contribution in [0, 0.1) is 0 Å². The summed E-state index contributed by atoms with van der Waals surface area (Å²) in [5.41, 5.74) is 3.01. The lowest BCUT2D eigenvalue weighted by atomic mass is 10.2. The quantitative estimate of drug-likeness (QED) is 0.705. The predicted molar refractivity (Wildman–Crippen MR) is 92.9 cm³/mol. The van der Waals surface area contributed by atoms with Gasteiger partial charge in [0.2, 0.25) is 5.91 Å². The molecule has 5 nitrogen and oxygen atoms in total. The van der Waals surface area contributed by atoms with Crippen molar-refractivity contribution < 1.29 is 9.69 Å². The fourth-order valence-corrected chi connectivity index (χ4v) is 3.26. The average Bonchev–Trinajstić information content (AvgIpc) is 3.10. The maximum atomic E-state index is 12.1. The van der Waals surface area contributed by atoms with E-state index in [9.17, 15) is 4.79 Å². The zero-order chi connectivity index (χ0) is 16.2. The molecule has 0 saturated heterocycles. The van der Waals surface area contributed by atoms with Crippen molar-refractivity contribution in [3.63, 3.8) is 0 Å². The molecule has 0 aliphatic rings. The van der Waals surface area contributed by atoms with E-state index in [1.54, 1.807) is 11.3 Å². The highest BCUT2D eigenvalue weighted by Crippen LogP contribution is 2.23. The highest BCUT2D eigenvalue weighted by molar-refractivity contribution is 7.15. The molecule has 1 amide bonds. The van der Waals surface area contributed by atoms with E-state index in [0.29, 0.717) is 13.0 Å². The van der Waals surface area contributed by atoms with Crippen LogP contribution in [0.2, 0.25) is 0 Å². The topological polar surface area (TPSA) is 50.8 Å². The Hall–Kier alpha value is -2.18. The molecular formula is C17H21N4OS+. The van der Waals surface area contributed by atoms with Gasteiger partial charge < -0.3 is 10.2 Å². The van der Waals surface area contributed by atoms with E-state index in [2.05, 4.69) is 24.4 Å². The first kappa shape index (κ1) is 15.7. The second-order valence-electron chi connectivity index (χ2n) is 5.86. The SMILES string of the molecule is C[NH+](C)CCNC(=O)Cc1csc2nc(-c3ccccc3)cn12. The summed E-state index contributed by atoms with van der Waals surface area (Å²) in [5.74, 6) is 0.0564. The largest absolute Gasteiger partial charge is 0.350 e. The Morgan fingerprint density at radius 2 is 2.09 bits per heavy atom. The van der Waals surface area contributed by atoms with E-state index in [1.807, 2.05) is 46.3 Å². The number of carbonyl (C=O) groups is 1. The lowest BCUT2D eigenvalue weighted by Gasteiger charge is -2.08. The van der Waals surface area contributed by atoms with Gasteiger partial charge in [-0.2, -0.15) is 0 Å². The summed E-state index contributed by atoms with van der Waals surface area (Å²) in [4.78, 5) is 19.0. The molecule has 2 heterocycles. The normalized spacial score (nSPS) is 11.3. The van der Waals surface area contributed by atoms with Gasteiger partial charge in [0.25, 0.3) is 0 Å². The van der Waals surface area contributed by atoms with Gasteiger partial charge in [-0.1, -0.05) is 30.3 Å². The Kier molecular flexibility index (Phi) is 4.73. The van der Waals surface area contributed by atoms with Gasteiger partial charge >= 0.3 is 0 Å². The molecule has 0 spiro atoms. The molecule has 2 aromatic heterocycles. The number of fused-ring (bicyclic) bond motifs is 1. The van der Waals surface area contributed by atoms with Crippen LogP contribution in [0.25, 0.3) is 16.2 Å². The molecular weight excluding hydrogens is 308 g/mol. The van der Waals surface area contributed by atoms with Crippen LogP contribution in [-0.2, 0) is 11.2 Å². The first-order valence-corrected chi connectivity index (χ1v) is 8.58. The predicted octanol–water partition coefficient (Wildman–Crippen LogP) is 0.866. The Bertz CT molecular complexity index is 791. The number of aromatic nitrogens is 2. The number of hydrogen-bond donors (Lipinski definition) is 2. The van der Waals surface area contributed by atoms with Crippen LogP contribution in [0.3, 0.4) is 0 Å². The third-order valence-electron chi connectivity index (χ3n) is 3.64. The molecule has 0 aliphatic heterocycles. The molecule has 23 heavy (non-hydrogen) atoms. The molecule has 0 saturated carbocycles. The van der Waals surface area contributed by atoms with Crippen molar-refractivity contribution in [1.82, 2.24) is 14.7 Å². The third-order valence-corrected chi connectivity index (χ3v) is 4.53. The number of hydrogen-bond acceptors (Lipinski definition) is 3. The van der Waals surface area contributed by atoms with Gasteiger partial charge in [0.1, 0.15) is 0 Å². The lowest BCUT2D eigenvalue weighted by Crippen LogP contribution is -3.06. The lowest BCUT2D eigenvalue weighted by molar-refractivity contribution is -0.856. The van der Waals surface area contributed by atoms with Crippen molar-refractivity contribution in [3.8, 4) is 11.3 Å². The molecule has 3 aromatic rings. The summed E-state index contributed by atoms with van der Waals surface area (Å²) in [6.07, 6.45) is 2.39. The van der Waals surface area contributed by atoms with E-state index < -0.39 is 0 Å². The van der Waals surface area contributed by atoms with Gasteiger partial charge in [0, 0.05) is 22.8 Å². The van der Waals surface area contributed by atoms with Crippen LogP contribution >= 0.6 is 11.3 Å². The molecule has 0 bridgehead atoms. The van der Waals surface area contributed by atoms with Gasteiger partial charge in [-0.15, -0.1) is 11.3 Å². The number of benzene rings is 1. The maximum absolute atomic E-state index is 12.1. The van der Waals surface area contributed by atoms with Crippen LogP contribution in [0.5, 0.6) is 0 Å². The number of amides is 1. The van der Waals surface area contributed by atoms with E-state index in [1.165, 1.54) is 4.90 Å². The second kappa shape index (κ2) is 6.93. The summed E-state index contributed by atoms with van der Waals surface area (Å²) in [6.45, 7) is 1.63. The van der Waals surface area contributed by atoms with Gasteiger partial charge in [-0.3, -0.25) is 9.20 Å². The molecule has 1 aromatic carbocycles. The third kappa shape index (κ3) is 3.78. The van der Waals surface area contributed by atoms with Gasteiger partial charge in [0.05, 0.1) is 39.3 Å². The Morgan fingerprint density at radius 1 is 1.30 bits per heavy atom. The van der Waals surface area contributed by atoms with Crippen molar-refractivity contribution in [1.29, 1.82) is 0 Å². The van der Waals surface area contributed by atoms with Crippen molar-refractivity contribution >= 4 is 22.2 Å². The van der Waals surface area contributed by atoms with Crippen molar-refractivity contribution in [2.24, 2.45) is 0 Å². The molecule has 0 radical (unpaired) electrons. The minimum Gasteiger partial charge on any atom is -0.350 e. The van der Waals surface area contributed by atoms with Crippen LogP contribution in [0.15, 0.2) is 41.9 Å². The number of nitrogens with zero attached hydrogens (tertiary/aromatic N) is 2. The number of likely N-dealkylation sites (N-methyl/N-ethyl adjacent to an activating group) is 1. The first-order valence-electron chi connectivity index (χ1n) is 7.70. The second-order valence-corrected chi connectivity index (χ2v) is 6.69. The van der Waals surface area contributed by atoms with Crippen molar-refractivity contribution in [2.45, 2.75) is 6.42 Å². The minimum atomic E-state index is 0.0564. The van der Waals surface area contributed by atoms with Crippen LogP contribution in [0.4, 0.5) is 0 Å². The molecule has 120 valence electrons. The number of nitrogens with one attached hydrogen (secondary N) is 2. The number of quaternary nitrogens is 1. The van der Waals surface area contributed by atoms with Crippen LogP contribution < -0.4 is 10.2 Å². The number of imidazole rings is 1. The number of thiazole rings is 1. The smallest absolute Gasteiger partial charge is 0.226 e. The fraction of sp³-hybridized carbons (Fsp3) is 0.294. The number of rotatable bonds is 6. The average molecular weight is 329 g/mol. The van der Waals surface area contributed by atoms with Crippen LogP contribution in [-0.4, -0.2) is 42.5 Å². The van der Waals surface area contributed by atoms with Crippen LogP contribution in [0.1, 0.15) is 5.69 Å². The summed E-state index contributed by atoms with van der Waals surface area (Å²) in [7, 11) is 4.15. The highest BCUT2D eigenvalue weighted by atomic mass is 32.1. The van der Waals surface area contributed by atoms with E-state index in [0.717, 1.165) is 28.5 Å². The Morgan fingerprint density at radius 3 is 2.83 bits per heavy atom. The zero-order valence-electron chi connectivity index (χ0n) is 13.4. The van der Waals surface area contributed by atoms with Crippen molar-refractivity contribution in [2.75, 3.05) is 27.2 Å². The summed E-state index contributed by atoms with van der Waals surface area (Å²) < 4.78 is 2.02.